The van der Waals surface area contributed by atoms with E-state index in [4.69, 9.17) is 11.6 Å². The molecule has 0 aliphatic rings. The summed E-state index contributed by atoms with van der Waals surface area (Å²) >= 11 is 5.51. The maximum Gasteiger partial charge on any atom is 0.416 e. The standard InChI is InChI=1S/C9H6ClF3O/c1-5(14)7-3-2-6(4-8(7)10)9(11,12)13/h2-4H,1H3. The van der Waals surface area contributed by atoms with E-state index in [0.717, 1.165) is 18.2 Å². The minimum Gasteiger partial charge on any atom is -0.294 e. The van der Waals surface area contributed by atoms with Gasteiger partial charge in [0.15, 0.2) is 5.78 Å². The normalized spacial score (nSPS) is 11.5. The molecule has 0 atom stereocenters. The van der Waals surface area contributed by atoms with Gasteiger partial charge in [0, 0.05) is 5.56 Å². The van der Waals surface area contributed by atoms with E-state index in [1.54, 1.807) is 0 Å². The van der Waals surface area contributed by atoms with Crippen LogP contribution in [-0.2, 0) is 6.18 Å². The van der Waals surface area contributed by atoms with Gasteiger partial charge in [-0.2, -0.15) is 13.2 Å². The monoisotopic (exact) mass is 222 g/mol. The van der Waals surface area contributed by atoms with Crippen LogP contribution in [0.4, 0.5) is 13.2 Å². The lowest BCUT2D eigenvalue weighted by atomic mass is 10.1. The van der Waals surface area contributed by atoms with Crippen molar-refractivity contribution in [2.75, 3.05) is 0 Å². The third-order valence-corrected chi connectivity index (χ3v) is 1.99. The summed E-state index contributed by atoms with van der Waals surface area (Å²) in [6, 6.07) is 2.66. The highest BCUT2D eigenvalue weighted by atomic mass is 35.5. The SMILES string of the molecule is CC(=O)c1ccc(C(F)(F)F)cc1Cl. The third kappa shape index (κ3) is 2.26. The van der Waals surface area contributed by atoms with Crippen molar-refractivity contribution in [2.24, 2.45) is 0 Å². The quantitative estimate of drug-likeness (QED) is 0.664. The minimum atomic E-state index is -4.43. The van der Waals surface area contributed by atoms with Crippen LogP contribution in [-0.4, -0.2) is 5.78 Å². The van der Waals surface area contributed by atoms with E-state index >= 15 is 0 Å². The number of carbonyl (C=O) groups excluding carboxylic acids is 1. The van der Waals surface area contributed by atoms with Crippen LogP contribution in [0.1, 0.15) is 22.8 Å². The molecule has 14 heavy (non-hydrogen) atoms. The molecule has 1 rings (SSSR count). The Bertz CT molecular complexity index is 371. The first-order valence-electron chi connectivity index (χ1n) is 3.70. The molecule has 0 radical (unpaired) electrons. The Labute approximate surface area is 83.5 Å². The molecular weight excluding hydrogens is 217 g/mol. The van der Waals surface area contributed by atoms with Crippen LogP contribution < -0.4 is 0 Å². The van der Waals surface area contributed by atoms with Crippen molar-refractivity contribution in [3.05, 3.63) is 34.3 Å². The van der Waals surface area contributed by atoms with Crippen LogP contribution >= 0.6 is 11.6 Å². The molecule has 1 nitrogen and oxygen atoms in total. The summed E-state index contributed by atoms with van der Waals surface area (Å²) in [5, 5.41) is -0.174. The molecule has 0 aromatic heterocycles. The molecule has 0 amide bonds. The molecule has 0 saturated heterocycles. The Balaban J connectivity index is 3.20. The fraction of sp³-hybridized carbons (Fsp3) is 0.222. The van der Waals surface area contributed by atoms with Crippen molar-refractivity contribution in [1.29, 1.82) is 0 Å². The predicted molar refractivity (Wildman–Crippen MR) is 46.5 cm³/mol. The first-order valence-corrected chi connectivity index (χ1v) is 4.08. The number of benzene rings is 1. The van der Waals surface area contributed by atoms with Crippen LogP contribution in [0.2, 0.25) is 5.02 Å². The van der Waals surface area contributed by atoms with Crippen LogP contribution in [0.15, 0.2) is 18.2 Å². The Morgan fingerprint density at radius 3 is 2.29 bits per heavy atom. The average molecular weight is 223 g/mol. The average Bonchev–Trinajstić information content (AvgIpc) is 2.01. The first kappa shape index (κ1) is 11.0. The maximum absolute atomic E-state index is 12.2. The van der Waals surface area contributed by atoms with Gasteiger partial charge in [0.1, 0.15) is 0 Å². The number of hydrogen-bond acceptors (Lipinski definition) is 1. The molecule has 0 saturated carbocycles. The zero-order valence-electron chi connectivity index (χ0n) is 7.15. The van der Waals surface area contributed by atoms with Gasteiger partial charge >= 0.3 is 6.18 Å². The van der Waals surface area contributed by atoms with Gasteiger partial charge in [-0.3, -0.25) is 4.79 Å². The minimum absolute atomic E-state index is 0.0969. The first-order chi connectivity index (χ1) is 6.32. The highest BCUT2D eigenvalue weighted by Gasteiger charge is 2.31. The second-order valence-electron chi connectivity index (χ2n) is 2.75. The Hall–Kier alpha value is -1.03. The number of carbonyl (C=O) groups is 1. The van der Waals surface area contributed by atoms with E-state index < -0.39 is 11.7 Å². The number of halogens is 4. The van der Waals surface area contributed by atoms with Crippen molar-refractivity contribution < 1.29 is 18.0 Å². The molecule has 1 aromatic rings. The summed E-state index contributed by atoms with van der Waals surface area (Å²) in [5.74, 6) is -0.358. The highest BCUT2D eigenvalue weighted by molar-refractivity contribution is 6.33. The van der Waals surface area contributed by atoms with Gasteiger partial charge in [0.05, 0.1) is 10.6 Å². The Kier molecular flexibility index (Phi) is 2.85. The number of alkyl halides is 3. The summed E-state index contributed by atoms with van der Waals surface area (Å²) in [6.07, 6.45) is -4.43. The van der Waals surface area contributed by atoms with Crippen molar-refractivity contribution in [3.8, 4) is 0 Å². The van der Waals surface area contributed by atoms with Gasteiger partial charge in [0.2, 0.25) is 0 Å². The molecule has 0 aliphatic heterocycles. The number of rotatable bonds is 1. The van der Waals surface area contributed by atoms with Crippen LogP contribution in [0.5, 0.6) is 0 Å². The summed E-state index contributed by atoms with van der Waals surface area (Å²) in [4.78, 5) is 10.9. The molecule has 0 N–H and O–H groups in total. The number of hydrogen-bond donors (Lipinski definition) is 0. The molecule has 0 heterocycles. The van der Waals surface area contributed by atoms with Crippen molar-refractivity contribution in [1.82, 2.24) is 0 Å². The third-order valence-electron chi connectivity index (χ3n) is 1.68. The van der Waals surface area contributed by atoms with Crippen LogP contribution in [0.3, 0.4) is 0 Å². The maximum atomic E-state index is 12.2. The van der Waals surface area contributed by atoms with Gasteiger partial charge in [-0.1, -0.05) is 11.6 Å². The summed E-state index contributed by atoms with van der Waals surface area (Å²) in [6.45, 7) is 1.24. The summed E-state index contributed by atoms with van der Waals surface area (Å²) < 4.78 is 36.5. The van der Waals surface area contributed by atoms with E-state index in [0.29, 0.717) is 0 Å². The molecule has 0 fully saturated rings. The van der Waals surface area contributed by atoms with Crippen LogP contribution in [0, 0.1) is 0 Å². The molecule has 0 bridgehead atoms. The molecule has 0 unspecified atom stereocenters. The fourth-order valence-corrected chi connectivity index (χ4v) is 1.29. The second-order valence-corrected chi connectivity index (χ2v) is 3.16. The second kappa shape index (κ2) is 3.61. The van der Waals surface area contributed by atoms with Gasteiger partial charge < -0.3 is 0 Å². The van der Waals surface area contributed by atoms with E-state index in [2.05, 4.69) is 0 Å². The molecule has 0 aliphatic carbocycles. The van der Waals surface area contributed by atoms with Gasteiger partial charge in [-0.15, -0.1) is 0 Å². The van der Waals surface area contributed by atoms with E-state index in [9.17, 15) is 18.0 Å². The lowest BCUT2D eigenvalue weighted by Crippen LogP contribution is -2.05. The topological polar surface area (TPSA) is 17.1 Å². The largest absolute Gasteiger partial charge is 0.416 e. The zero-order valence-corrected chi connectivity index (χ0v) is 7.91. The Morgan fingerprint density at radius 2 is 1.93 bits per heavy atom. The summed E-state index contributed by atoms with van der Waals surface area (Å²) in [5.41, 5.74) is -0.757. The zero-order chi connectivity index (χ0) is 10.9. The number of Topliss-reactive ketones (excluding diaryl/α,β-unsaturated/α-hetero) is 1. The van der Waals surface area contributed by atoms with Gasteiger partial charge in [0.25, 0.3) is 0 Å². The van der Waals surface area contributed by atoms with Crippen molar-refractivity contribution in [2.45, 2.75) is 13.1 Å². The van der Waals surface area contributed by atoms with Gasteiger partial charge in [-0.25, -0.2) is 0 Å². The Morgan fingerprint density at radius 1 is 1.36 bits per heavy atom. The van der Waals surface area contributed by atoms with E-state index in [-0.39, 0.29) is 16.4 Å². The molecule has 0 spiro atoms. The molecular formula is C9H6ClF3O. The molecule has 1 aromatic carbocycles. The predicted octanol–water partition coefficient (Wildman–Crippen LogP) is 3.56. The van der Waals surface area contributed by atoms with E-state index in [1.807, 2.05) is 0 Å². The number of ketones is 1. The van der Waals surface area contributed by atoms with E-state index in [1.165, 1.54) is 6.92 Å². The van der Waals surface area contributed by atoms with Crippen molar-refractivity contribution in [3.63, 3.8) is 0 Å². The lowest BCUT2D eigenvalue weighted by Gasteiger charge is -2.07. The summed E-state index contributed by atoms with van der Waals surface area (Å²) in [7, 11) is 0. The molecule has 76 valence electrons. The molecule has 5 heteroatoms. The van der Waals surface area contributed by atoms with Crippen LogP contribution in [0.25, 0.3) is 0 Å². The van der Waals surface area contributed by atoms with Gasteiger partial charge in [-0.05, 0) is 25.1 Å². The lowest BCUT2D eigenvalue weighted by molar-refractivity contribution is -0.137. The van der Waals surface area contributed by atoms with Crippen molar-refractivity contribution >= 4 is 17.4 Å². The highest BCUT2D eigenvalue weighted by Crippen LogP contribution is 2.32. The fourth-order valence-electron chi connectivity index (χ4n) is 0.977. The smallest absolute Gasteiger partial charge is 0.294 e.